The van der Waals surface area contributed by atoms with Gasteiger partial charge in [0.1, 0.15) is 0 Å². The fraction of sp³-hybridized carbons (Fsp3) is 0.524. The standard InChI is InChI=1S/C21H30NOS/c1-22(2)24-14-13-20(18-11-7-4-8-12-18)21(24)16-19(23)15-17-9-5-3-6-10-17/h3,5-6,9-10,13-14,18-19,23H,4,7-8,11-12,15-16H2,1-2H3/q+1. The Balaban J connectivity index is 1.78. The molecule has 1 aliphatic carbocycles. The minimum atomic E-state index is -0.296. The maximum Gasteiger partial charge on any atom is 0.178 e. The van der Waals surface area contributed by atoms with Gasteiger partial charge in [0.15, 0.2) is 10.3 Å². The van der Waals surface area contributed by atoms with Crippen molar-refractivity contribution < 1.29 is 5.11 Å². The summed E-state index contributed by atoms with van der Waals surface area (Å²) in [5.74, 6) is 0.714. The van der Waals surface area contributed by atoms with Gasteiger partial charge in [-0.25, -0.2) is 0 Å². The van der Waals surface area contributed by atoms with E-state index in [1.165, 1.54) is 42.5 Å². The third-order valence-corrected chi connectivity index (χ3v) is 7.21. The molecular weight excluding hydrogens is 314 g/mol. The molecule has 1 N–H and O–H groups in total. The Labute approximate surface area is 149 Å². The van der Waals surface area contributed by atoms with Gasteiger partial charge < -0.3 is 5.11 Å². The van der Waals surface area contributed by atoms with Gasteiger partial charge in [0.05, 0.1) is 23.2 Å². The van der Waals surface area contributed by atoms with E-state index in [1.54, 1.807) is 5.56 Å². The van der Waals surface area contributed by atoms with E-state index in [0.29, 0.717) is 5.92 Å². The van der Waals surface area contributed by atoms with Gasteiger partial charge >= 0.3 is 0 Å². The van der Waals surface area contributed by atoms with Crippen molar-refractivity contribution >= 4 is 10.7 Å². The maximum absolute atomic E-state index is 10.7. The predicted octanol–water partition coefficient (Wildman–Crippen LogP) is 4.83. The molecular formula is C21H30NOS+. The van der Waals surface area contributed by atoms with E-state index in [1.807, 2.05) is 6.07 Å². The van der Waals surface area contributed by atoms with E-state index >= 15 is 0 Å². The number of hydrogen-bond acceptors (Lipinski definition) is 2. The van der Waals surface area contributed by atoms with E-state index in [0.717, 1.165) is 12.8 Å². The lowest BCUT2D eigenvalue weighted by atomic mass is 9.83. The molecule has 0 amide bonds. The van der Waals surface area contributed by atoms with Crippen LogP contribution in [-0.2, 0) is 12.8 Å². The van der Waals surface area contributed by atoms with Crippen LogP contribution in [0.1, 0.15) is 54.0 Å². The third-order valence-electron chi connectivity index (χ3n) is 5.12. The number of rotatable bonds is 6. The molecule has 2 nitrogen and oxygen atoms in total. The van der Waals surface area contributed by atoms with Gasteiger partial charge in [-0.05, 0) is 30.7 Å². The minimum Gasteiger partial charge on any atom is -0.392 e. The first kappa shape index (κ1) is 17.7. The molecule has 0 radical (unpaired) electrons. The molecule has 24 heavy (non-hydrogen) atoms. The van der Waals surface area contributed by atoms with Crippen molar-refractivity contribution in [3.63, 3.8) is 0 Å². The molecule has 1 aromatic heterocycles. The van der Waals surface area contributed by atoms with Crippen LogP contribution in [0.15, 0.2) is 41.8 Å². The Bertz CT molecular complexity index is 629. The van der Waals surface area contributed by atoms with Crippen LogP contribution < -0.4 is 4.31 Å². The molecule has 1 heterocycles. The summed E-state index contributed by atoms with van der Waals surface area (Å²) in [5.41, 5.74) is 2.76. The lowest BCUT2D eigenvalue weighted by Crippen LogP contribution is -2.18. The second kappa shape index (κ2) is 8.28. The normalized spacial score (nSPS) is 18.1. The molecule has 0 aliphatic heterocycles. The first-order valence-corrected chi connectivity index (χ1v) is 10.4. The topological polar surface area (TPSA) is 23.5 Å². The molecule has 0 spiro atoms. The number of benzene rings is 1. The molecule has 2 unspecified atom stereocenters. The van der Waals surface area contributed by atoms with Crippen molar-refractivity contribution in [3.05, 3.63) is 57.8 Å². The van der Waals surface area contributed by atoms with Crippen molar-refractivity contribution in [2.75, 3.05) is 18.4 Å². The highest BCUT2D eigenvalue weighted by molar-refractivity contribution is 7.32. The number of hydrogen-bond donors (Lipinski definition) is 1. The molecule has 1 fully saturated rings. The summed E-state index contributed by atoms with van der Waals surface area (Å²) in [4.78, 5) is 1.48. The van der Waals surface area contributed by atoms with E-state index in [9.17, 15) is 5.11 Å². The van der Waals surface area contributed by atoms with Gasteiger partial charge in [0.25, 0.3) is 0 Å². The molecule has 3 heteroatoms. The summed E-state index contributed by atoms with van der Waals surface area (Å²) in [7, 11) is 4.35. The van der Waals surface area contributed by atoms with Crippen LogP contribution in [0.25, 0.3) is 0 Å². The molecule has 1 saturated carbocycles. The predicted molar refractivity (Wildman–Crippen MR) is 105 cm³/mol. The molecule has 3 rings (SSSR count). The molecule has 1 aliphatic rings. The Kier molecular flexibility index (Phi) is 6.09. The van der Waals surface area contributed by atoms with E-state index in [-0.39, 0.29) is 16.8 Å². The average Bonchev–Trinajstić information content (AvgIpc) is 3.00. The molecule has 2 atom stereocenters. The summed E-state index contributed by atoms with van der Waals surface area (Å²) in [6.07, 6.45) is 8.00. The molecule has 1 aromatic carbocycles. The van der Waals surface area contributed by atoms with Crippen LogP contribution in [0.2, 0.25) is 0 Å². The fourth-order valence-electron chi connectivity index (χ4n) is 3.93. The second-order valence-electron chi connectivity index (χ2n) is 7.19. The van der Waals surface area contributed by atoms with Crippen molar-refractivity contribution in [2.24, 2.45) is 0 Å². The van der Waals surface area contributed by atoms with E-state index < -0.39 is 0 Å². The van der Waals surface area contributed by atoms with Gasteiger partial charge in [-0.3, -0.25) is 0 Å². The summed E-state index contributed by atoms with van der Waals surface area (Å²) in [6, 6.07) is 12.7. The third kappa shape index (κ3) is 4.27. The van der Waals surface area contributed by atoms with Gasteiger partial charge in [0, 0.05) is 25.7 Å². The van der Waals surface area contributed by atoms with Gasteiger partial charge in [-0.2, -0.15) is 0 Å². The first-order chi connectivity index (χ1) is 11.6. The Morgan fingerprint density at radius 3 is 2.42 bits per heavy atom. The van der Waals surface area contributed by atoms with E-state index in [2.05, 4.69) is 54.1 Å². The zero-order valence-electron chi connectivity index (χ0n) is 14.9. The van der Waals surface area contributed by atoms with Crippen LogP contribution >= 0.6 is 10.7 Å². The second-order valence-corrected chi connectivity index (χ2v) is 9.32. The lowest BCUT2D eigenvalue weighted by Gasteiger charge is -2.21. The average molecular weight is 345 g/mol. The molecule has 0 bridgehead atoms. The van der Waals surface area contributed by atoms with Crippen LogP contribution in [0, 0.1) is 0 Å². The monoisotopic (exact) mass is 344 g/mol. The first-order valence-electron chi connectivity index (χ1n) is 9.19. The van der Waals surface area contributed by atoms with Crippen LogP contribution in [-0.4, -0.2) is 25.3 Å². The fourth-order valence-corrected chi connectivity index (χ4v) is 5.89. The van der Waals surface area contributed by atoms with Crippen molar-refractivity contribution in [1.82, 2.24) is 0 Å². The number of aliphatic hydroxyl groups excluding tert-OH is 1. The Hall–Kier alpha value is -1.16. The van der Waals surface area contributed by atoms with Crippen LogP contribution in [0.4, 0.5) is 0 Å². The highest BCUT2D eigenvalue weighted by Crippen LogP contribution is 2.41. The van der Waals surface area contributed by atoms with Gasteiger partial charge in [0.2, 0.25) is 0 Å². The number of thiophene rings is 1. The minimum absolute atomic E-state index is 0.0453. The lowest BCUT2D eigenvalue weighted by molar-refractivity contribution is 0.176. The number of nitrogens with zero attached hydrogens (tertiary/aromatic N) is 1. The molecule has 2 aromatic rings. The zero-order valence-corrected chi connectivity index (χ0v) is 15.8. The Morgan fingerprint density at radius 2 is 1.75 bits per heavy atom. The highest BCUT2D eigenvalue weighted by atomic mass is 32.2. The largest absolute Gasteiger partial charge is 0.392 e. The van der Waals surface area contributed by atoms with Gasteiger partial charge in [-0.1, -0.05) is 49.6 Å². The number of aliphatic hydroxyl groups is 1. The Morgan fingerprint density at radius 1 is 1.04 bits per heavy atom. The summed E-state index contributed by atoms with van der Waals surface area (Å²) in [6.45, 7) is 0. The zero-order chi connectivity index (χ0) is 16.9. The van der Waals surface area contributed by atoms with E-state index in [4.69, 9.17) is 0 Å². The summed E-state index contributed by atoms with van der Waals surface area (Å²) in [5, 5.41) is 13.1. The van der Waals surface area contributed by atoms with Crippen LogP contribution in [0.5, 0.6) is 0 Å². The van der Waals surface area contributed by atoms with Gasteiger partial charge in [-0.15, -0.1) is 4.31 Å². The van der Waals surface area contributed by atoms with Crippen molar-refractivity contribution in [2.45, 2.75) is 57.0 Å². The maximum atomic E-state index is 10.7. The van der Waals surface area contributed by atoms with Crippen LogP contribution in [0.3, 0.4) is 0 Å². The summed E-state index contributed by atoms with van der Waals surface area (Å²) < 4.78 is 2.30. The van der Waals surface area contributed by atoms with Crippen molar-refractivity contribution in [1.29, 1.82) is 0 Å². The SMILES string of the molecule is CN(C)[s+]1ccc(C2CCCCC2)c1CC(O)Cc1ccccc1. The summed E-state index contributed by atoms with van der Waals surface area (Å²) >= 11 is 0. The highest BCUT2D eigenvalue weighted by Gasteiger charge is 2.29. The quantitative estimate of drug-likeness (QED) is 0.759. The molecule has 130 valence electrons. The molecule has 0 saturated heterocycles. The van der Waals surface area contributed by atoms with Crippen molar-refractivity contribution in [3.8, 4) is 0 Å². The smallest absolute Gasteiger partial charge is 0.178 e.